The highest BCUT2D eigenvalue weighted by Crippen LogP contribution is 2.18. The highest BCUT2D eigenvalue weighted by Gasteiger charge is 2.25. The first-order valence-corrected chi connectivity index (χ1v) is 32.9. The van der Waals surface area contributed by atoms with Crippen molar-refractivity contribution in [2.24, 2.45) is 0 Å². The van der Waals surface area contributed by atoms with E-state index in [1.54, 1.807) is 0 Å². The van der Waals surface area contributed by atoms with Gasteiger partial charge in [0.05, 0.1) is 34.4 Å². The summed E-state index contributed by atoms with van der Waals surface area (Å²) in [5, 5.41) is 9.73. The van der Waals surface area contributed by atoms with Crippen molar-refractivity contribution >= 4 is 17.9 Å². The molecular weight excluding hydrogens is 935 g/mol. The maximum Gasteiger partial charge on any atom is 0.361 e. The highest BCUT2D eigenvalue weighted by atomic mass is 16.7. The number of likely N-dealkylation sites (N-methyl/N-ethyl adjacent to an activating group) is 1. The van der Waals surface area contributed by atoms with Gasteiger partial charge < -0.3 is 28.5 Å². The van der Waals surface area contributed by atoms with Crippen LogP contribution in [-0.4, -0.2) is 87.4 Å². The zero-order chi connectivity index (χ0) is 54.8. The number of hydrogen-bond acceptors (Lipinski definition) is 7. The molecule has 0 saturated heterocycles. The molecule has 9 nitrogen and oxygen atoms in total. The summed E-state index contributed by atoms with van der Waals surface area (Å²) in [6.07, 6.45) is 66.0. The predicted octanol–water partition coefficient (Wildman–Crippen LogP) is 19.7. The molecule has 0 aliphatic heterocycles. The van der Waals surface area contributed by atoms with Crippen LogP contribution in [0.1, 0.15) is 335 Å². The number of carbonyl (C=O) groups excluding carboxylic acids is 2. The Morgan fingerprint density at radius 3 is 0.987 bits per heavy atom. The summed E-state index contributed by atoms with van der Waals surface area (Å²) in [6.45, 7) is 4.95. The number of rotatable bonds is 62. The van der Waals surface area contributed by atoms with E-state index in [-0.39, 0.29) is 38.2 Å². The Hall–Kier alpha value is -1.97. The number of carbonyl (C=O) groups is 3. The molecule has 0 aliphatic carbocycles. The number of nitrogens with zero attached hydrogens (tertiary/aromatic N) is 1. The molecule has 0 aliphatic rings. The van der Waals surface area contributed by atoms with Crippen LogP contribution in [0.4, 0.5) is 0 Å². The van der Waals surface area contributed by atoms with Crippen molar-refractivity contribution in [3.63, 3.8) is 0 Å². The van der Waals surface area contributed by atoms with Gasteiger partial charge in [0.15, 0.2) is 6.10 Å². The number of esters is 2. The molecule has 0 spiro atoms. The van der Waals surface area contributed by atoms with Crippen LogP contribution in [0.15, 0.2) is 12.2 Å². The molecule has 444 valence electrons. The van der Waals surface area contributed by atoms with E-state index >= 15 is 0 Å². The third-order valence-corrected chi connectivity index (χ3v) is 15.0. The first kappa shape index (κ1) is 73.0. The van der Waals surface area contributed by atoms with Crippen LogP contribution in [-0.2, 0) is 33.3 Å². The predicted molar refractivity (Wildman–Crippen MR) is 318 cm³/mol. The molecule has 1 N–H and O–H groups in total. The van der Waals surface area contributed by atoms with Gasteiger partial charge in [-0.3, -0.25) is 9.59 Å². The standard InChI is InChI=1S/C66H127NO8/c1-6-8-10-12-14-16-18-20-22-24-26-28-30-32-34-36-38-40-42-44-46-48-50-52-54-56-63(68)73-60-62(61-74-66(65(70)71)72-59-58-67(3,4)5)75-64(69)57-55-53-51-49-47-45-43-41-39-37-35-33-31-29-27-25-23-21-19-17-15-13-11-9-7-2/h25,27,62,66H,6-24,26,28-61H2,1-5H3/p+1/b27-25-. The summed E-state index contributed by atoms with van der Waals surface area (Å²) in [5.74, 6) is -1.97. The average Bonchev–Trinajstić information content (AvgIpc) is 3.38. The van der Waals surface area contributed by atoms with Gasteiger partial charge in [0.1, 0.15) is 13.2 Å². The number of hydrogen-bond donors (Lipinski definition) is 1. The van der Waals surface area contributed by atoms with E-state index in [1.807, 2.05) is 21.1 Å². The minimum absolute atomic E-state index is 0.174. The van der Waals surface area contributed by atoms with E-state index < -0.39 is 18.4 Å². The third-order valence-electron chi connectivity index (χ3n) is 15.0. The maximum absolute atomic E-state index is 12.9. The van der Waals surface area contributed by atoms with Gasteiger partial charge >= 0.3 is 17.9 Å². The van der Waals surface area contributed by atoms with E-state index in [1.165, 1.54) is 270 Å². The summed E-state index contributed by atoms with van der Waals surface area (Å²) < 4.78 is 23.0. The van der Waals surface area contributed by atoms with E-state index in [0.717, 1.165) is 38.5 Å². The second-order valence-corrected chi connectivity index (χ2v) is 23.8. The fourth-order valence-corrected chi connectivity index (χ4v) is 9.95. The quantitative estimate of drug-likeness (QED) is 0.0211. The number of ether oxygens (including phenoxy) is 4. The van der Waals surface area contributed by atoms with Crippen molar-refractivity contribution in [1.29, 1.82) is 0 Å². The van der Waals surface area contributed by atoms with Gasteiger partial charge in [-0.1, -0.05) is 296 Å². The summed E-state index contributed by atoms with van der Waals surface area (Å²) >= 11 is 0. The molecule has 0 amide bonds. The third kappa shape index (κ3) is 59.5. The minimum atomic E-state index is -1.51. The van der Waals surface area contributed by atoms with Crippen molar-refractivity contribution in [3.05, 3.63) is 12.2 Å². The van der Waals surface area contributed by atoms with E-state index in [4.69, 9.17) is 18.9 Å². The second-order valence-electron chi connectivity index (χ2n) is 23.8. The van der Waals surface area contributed by atoms with Gasteiger partial charge in [-0.25, -0.2) is 4.79 Å². The van der Waals surface area contributed by atoms with Crippen molar-refractivity contribution in [3.8, 4) is 0 Å². The Morgan fingerprint density at radius 2 is 0.680 bits per heavy atom. The topological polar surface area (TPSA) is 108 Å². The van der Waals surface area contributed by atoms with Crippen LogP contribution in [0.3, 0.4) is 0 Å². The Bertz CT molecular complexity index is 1240. The SMILES string of the molecule is CCCCCCCCCC/C=C\CCCCCCCCCCCCCCCC(=O)OC(COC(=O)CCCCCCCCCCCCCCCCCCCCCCCCCCC)COC(OCC[N+](C)(C)C)C(=O)O. The highest BCUT2D eigenvalue weighted by molar-refractivity contribution is 5.71. The Balaban J connectivity index is 4.11. The summed E-state index contributed by atoms with van der Waals surface area (Å²) in [6, 6.07) is 0. The molecule has 0 aromatic heterocycles. The molecule has 2 atom stereocenters. The lowest BCUT2D eigenvalue weighted by molar-refractivity contribution is -0.870. The molecular formula is C66H128NO8+. The van der Waals surface area contributed by atoms with Gasteiger partial charge in [0.2, 0.25) is 0 Å². The molecule has 0 radical (unpaired) electrons. The lowest BCUT2D eigenvalue weighted by atomic mass is 10.0. The number of unbranched alkanes of at least 4 members (excludes halogenated alkanes) is 45. The molecule has 9 heteroatoms. The molecule has 0 saturated carbocycles. The van der Waals surface area contributed by atoms with Crippen LogP contribution in [0, 0.1) is 0 Å². The number of aliphatic carboxylic acids is 1. The van der Waals surface area contributed by atoms with Crippen LogP contribution in [0.25, 0.3) is 0 Å². The molecule has 75 heavy (non-hydrogen) atoms. The lowest BCUT2D eigenvalue weighted by Gasteiger charge is -2.25. The fourth-order valence-electron chi connectivity index (χ4n) is 9.95. The van der Waals surface area contributed by atoms with Crippen LogP contribution < -0.4 is 0 Å². The van der Waals surface area contributed by atoms with Crippen molar-refractivity contribution < 1.29 is 42.9 Å². The Labute approximate surface area is 465 Å². The average molecular weight is 1060 g/mol. The zero-order valence-corrected chi connectivity index (χ0v) is 50.7. The summed E-state index contributed by atoms with van der Waals surface area (Å²) in [7, 11) is 5.99. The van der Waals surface area contributed by atoms with Gasteiger partial charge in [0, 0.05) is 12.8 Å². The maximum atomic E-state index is 12.9. The lowest BCUT2D eigenvalue weighted by Crippen LogP contribution is -2.40. The van der Waals surface area contributed by atoms with Gasteiger partial charge in [-0.05, 0) is 38.5 Å². The number of carboxylic acids is 1. The van der Waals surface area contributed by atoms with Crippen LogP contribution in [0.2, 0.25) is 0 Å². The molecule has 0 rings (SSSR count). The van der Waals surface area contributed by atoms with Gasteiger partial charge in [0.25, 0.3) is 6.29 Å². The first-order valence-electron chi connectivity index (χ1n) is 32.9. The molecule has 0 fully saturated rings. The van der Waals surface area contributed by atoms with Crippen molar-refractivity contribution in [2.75, 3.05) is 47.5 Å². The molecule has 0 heterocycles. The van der Waals surface area contributed by atoms with E-state index in [2.05, 4.69) is 26.0 Å². The van der Waals surface area contributed by atoms with E-state index in [9.17, 15) is 19.5 Å². The number of carboxylic acid groups (broad SMARTS) is 1. The van der Waals surface area contributed by atoms with Crippen LogP contribution >= 0.6 is 0 Å². The zero-order valence-electron chi connectivity index (χ0n) is 50.7. The van der Waals surface area contributed by atoms with Crippen LogP contribution in [0.5, 0.6) is 0 Å². The summed E-state index contributed by atoms with van der Waals surface area (Å²) in [4.78, 5) is 37.5. The van der Waals surface area contributed by atoms with Gasteiger partial charge in [-0.2, -0.15) is 0 Å². The summed E-state index contributed by atoms with van der Waals surface area (Å²) in [5.41, 5.74) is 0. The molecule has 0 aromatic rings. The molecule has 0 aromatic carbocycles. The smallest absolute Gasteiger partial charge is 0.361 e. The Kier molecular flexibility index (Phi) is 56.7. The Morgan fingerprint density at radius 1 is 0.387 bits per heavy atom. The fraction of sp³-hybridized carbons (Fsp3) is 0.924. The van der Waals surface area contributed by atoms with Crippen molar-refractivity contribution in [2.45, 2.75) is 347 Å². The first-order chi connectivity index (χ1) is 36.6. The minimum Gasteiger partial charge on any atom is -0.477 e. The van der Waals surface area contributed by atoms with Crippen molar-refractivity contribution in [1.82, 2.24) is 0 Å². The van der Waals surface area contributed by atoms with E-state index in [0.29, 0.717) is 17.4 Å². The molecule has 0 bridgehead atoms. The van der Waals surface area contributed by atoms with Gasteiger partial charge in [-0.15, -0.1) is 0 Å². The number of allylic oxidation sites excluding steroid dienone is 2. The molecule has 2 unspecified atom stereocenters. The normalized spacial score (nSPS) is 12.7. The largest absolute Gasteiger partial charge is 0.477 e. The number of quaternary nitrogens is 1. The monoisotopic (exact) mass is 1060 g/mol. The second kappa shape index (κ2) is 58.2.